The molecule has 1 aliphatic carbocycles. The first-order valence-electron chi connectivity index (χ1n) is 5.27. The van der Waals surface area contributed by atoms with Gasteiger partial charge in [0, 0.05) is 5.54 Å². The van der Waals surface area contributed by atoms with Crippen molar-refractivity contribution in [2.24, 2.45) is 11.8 Å². The van der Waals surface area contributed by atoms with Gasteiger partial charge < -0.3 is 5.32 Å². The zero-order valence-corrected chi connectivity index (χ0v) is 8.98. The molecule has 1 nitrogen and oxygen atoms in total. The van der Waals surface area contributed by atoms with Gasteiger partial charge in [0.25, 0.3) is 0 Å². The minimum Gasteiger partial charge on any atom is -0.311 e. The maximum atomic E-state index is 3.66. The van der Waals surface area contributed by atoms with Crippen LogP contribution < -0.4 is 5.32 Å². The van der Waals surface area contributed by atoms with E-state index in [1.165, 1.54) is 19.3 Å². The van der Waals surface area contributed by atoms with Crippen molar-refractivity contribution in [2.75, 3.05) is 6.54 Å². The highest BCUT2D eigenvalue weighted by Crippen LogP contribution is 2.35. The summed E-state index contributed by atoms with van der Waals surface area (Å²) in [6.07, 6.45) is 4.30. The highest BCUT2D eigenvalue weighted by Gasteiger charge is 2.33. The van der Waals surface area contributed by atoms with Crippen LogP contribution in [0.25, 0.3) is 0 Å². The summed E-state index contributed by atoms with van der Waals surface area (Å²) < 4.78 is 0. The molecule has 1 N–H and O–H groups in total. The first kappa shape index (κ1) is 10.0. The minimum atomic E-state index is 0.377. The Bertz CT molecular complexity index is 134. The molecular formula is C11H23N. The predicted molar refractivity (Wildman–Crippen MR) is 54.3 cm³/mol. The second kappa shape index (κ2) is 3.78. The quantitative estimate of drug-likeness (QED) is 0.682. The van der Waals surface area contributed by atoms with Gasteiger partial charge in [-0.25, -0.2) is 0 Å². The summed E-state index contributed by atoms with van der Waals surface area (Å²) in [5.74, 6) is 1.70. The van der Waals surface area contributed by atoms with Gasteiger partial charge >= 0.3 is 0 Å². The van der Waals surface area contributed by atoms with Crippen molar-refractivity contribution in [3.63, 3.8) is 0 Å². The summed E-state index contributed by atoms with van der Waals surface area (Å²) in [5, 5.41) is 3.66. The largest absolute Gasteiger partial charge is 0.311 e. The maximum Gasteiger partial charge on any atom is 0.0153 e. The second-order valence-corrected chi connectivity index (χ2v) is 5.12. The Morgan fingerprint density at radius 3 is 2.25 bits per heavy atom. The molecule has 0 spiro atoms. The average Bonchev–Trinajstić information content (AvgIpc) is 1.78. The smallest absolute Gasteiger partial charge is 0.0153 e. The van der Waals surface area contributed by atoms with Crippen LogP contribution in [-0.2, 0) is 0 Å². The van der Waals surface area contributed by atoms with Gasteiger partial charge in [0.05, 0.1) is 0 Å². The van der Waals surface area contributed by atoms with Gasteiger partial charge in [-0.2, -0.15) is 0 Å². The zero-order chi connectivity index (χ0) is 9.19. The summed E-state index contributed by atoms with van der Waals surface area (Å²) >= 11 is 0. The Hall–Kier alpha value is -0.0400. The molecule has 0 aromatic carbocycles. The topological polar surface area (TPSA) is 12.0 Å². The summed E-state index contributed by atoms with van der Waals surface area (Å²) in [7, 11) is 0. The molecule has 0 aromatic rings. The fraction of sp³-hybridized carbons (Fsp3) is 1.00. The fourth-order valence-corrected chi connectivity index (χ4v) is 1.74. The Labute approximate surface area is 76.9 Å². The van der Waals surface area contributed by atoms with Crippen LogP contribution in [0.1, 0.15) is 47.0 Å². The van der Waals surface area contributed by atoms with Crippen molar-refractivity contribution in [2.45, 2.75) is 52.5 Å². The number of rotatable bonds is 4. The molecule has 1 fully saturated rings. The van der Waals surface area contributed by atoms with E-state index in [0.29, 0.717) is 5.54 Å². The standard InChI is InChI=1S/C11H23N/c1-9(2)8-12-11(3,4)10-6-5-7-10/h9-10,12H,5-8H2,1-4H3. The summed E-state index contributed by atoms with van der Waals surface area (Å²) in [5.41, 5.74) is 0.377. The monoisotopic (exact) mass is 169 g/mol. The van der Waals surface area contributed by atoms with Gasteiger partial charge in [-0.05, 0) is 45.1 Å². The Balaban J connectivity index is 2.26. The Kier molecular flexibility index (Phi) is 3.16. The van der Waals surface area contributed by atoms with E-state index in [0.717, 1.165) is 18.4 Å². The van der Waals surface area contributed by atoms with Gasteiger partial charge in [-0.3, -0.25) is 0 Å². The van der Waals surface area contributed by atoms with Crippen molar-refractivity contribution in [3.8, 4) is 0 Å². The molecule has 0 aliphatic heterocycles. The van der Waals surface area contributed by atoms with Gasteiger partial charge in [-0.15, -0.1) is 0 Å². The maximum absolute atomic E-state index is 3.66. The lowest BCUT2D eigenvalue weighted by atomic mass is 9.72. The van der Waals surface area contributed by atoms with E-state index in [1.54, 1.807) is 0 Å². The van der Waals surface area contributed by atoms with E-state index in [4.69, 9.17) is 0 Å². The molecule has 1 heteroatoms. The van der Waals surface area contributed by atoms with Crippen molar-refractivity contribution in [1.29, 1.82) is 0 Å². The molecule has 0 heterocycles. The van der Waals surface area contributed by atoms with Crippen LogP contribution in [0.2, 0.25) is 0 Å². The lowest BCUT2D eigenvalue weighted by Crippen LogP contribution is -2.49. The van der Waals surface area contributed by atoms with Gasteiger partial charge in [0.15, 0.2) is 0 Å². The molecule has 72 valence electrons. The number of hydrogen-bond acceptors (Lipinski definition) is 1. The Morgan fingerprint density at radius 2 is 1.92 bits per heavy atom. The zero-order valence-electron chi connectivity index (χ0n) is 8.98. The highest BCUT2D eigenvalue weighted by molar-refractivity contribution is 4.90. The van der Waals surface area contributed by atoms with E-state index in [-0.39, 0.29) is 0 Å². The molecule has 1 rings (SSSR count). The number of hydrogen-bond donors (Lipinski definition) is 1. The SMILES string of the molecule is CC(C)CNC(C)(C)C1CCC1. The van der Waals surface area contributed by atoms with Crippen molar-refractivity contribution < 1.29 is 0 Å². The molecule has 1 saturated carbocycles. The third-order valence-corrected chi connectivity index (χ3v) is 3.09. The molecule has 0 bridgehead atoms. The van der Waals surface area contributed by atoms with Gasteiger partial charge in [-0.1, -0.05) is 20.3 Å². The normalized spacial score (nSPS) is 19.8. The first-order valence-corrected chi connectivity index (χ1v) is 5.27. The molecular weight excluding hydrogens is 146 g/mol. The van der Waals surface area contributed by atoms with Crippen LogP contribution in [0.4, 0.5) is 0 Å². The summed E-state index contributed by atoms with van der Waals surface area (Å²) in [6.45, 7) is 10.4. The molecule has 0 saturated heterocycles. The van der Waals surface area contributed by atoms with E-state index in [1.807, 2.05) is 0 Å². The van der Waals surface area contributed by atoms with E-state index in [2.05, 4.69) is 33.0 Å². The molecule has 1 aliphatic rings. The average molecular weight is 169 g/mol. The third-order valence-electron chi connectivity index (χ3n) is 3.09. The molecule has 0 unspecified atom stereocenters. The van der Waals surface area contributed by atoms with Crippen molar-refractivity contribution in [3.05, 3.63) is 0 Å². The minimum absolute atomic E-state index is 0.377. The molecule has 0 aromatic heterocycles. The van der Waals surface area contributed by atoms with Crippen molar-refractivity contribution >= 4 is 0 Å². The highest BCUT2D eigenvalue weighted by atomic mass is 15.0. The van der Waals surface area contributed by atoms with Gasteiger partial charge in [0.1, 0.15) is 0 Å². The lowest BCUT2D eigenvalue weighted by Gasteiger charge is -2.41. The molecule has 0 amide bonds. The number of nitrogens with one attached hydrogen (secondary N) is 1. The van der Waals surface area contributed by atoms with Crippen LogP contribution >= 0.6 is 0 Å². The van der Waals surface area contributed by atoms with Crippen LogP contribution in [0.5, 0.6) is 0 Å². The van der Waals surface area contributed by atoms with Crippen LogP contribution in [-0.4, -0.2) is 12.1 Å². The second-order valence-electron chi connectivity index (χ2n) is 5.12. The molecule has 0 atom stereocenters. The lowest BCUT2D eigenvalue weighted by molar-refractivity contribution is 0.154. The third kappa shape index (κ3) is 2.48. The predicted octanol–water partition coefficient (Wildman–Crippen LogP) is 2.81. The van der Waals surface area contributed by atoms with Crippen LogP contribution in [0.3, 0.4) is 0 Å². The van der Waals surface area contributed by atoms with E-state index >= 15 is 0 Å². The fourth-order valence-electron chi connectivity index (χ4n) is 1.74. The van der Waals surface area contributed by atoms with Crippen LogP contribution in [0.15, 0.2) is 0 Å². The van der Waals surface area contributed by atoms with Gasteiger partial charge in [0.2, 0.25) is 0 Å². The van der Waals surface area contributed by atoms with E-state index < -0.39 is 0 Å². The Morgan fingerprint density at radius 1 is 1.33 bits per heavy atom. The summed E-state index contributed by atoms with van der Waals surface area (Å²) in [4.78, 5) is 0. The molecule has 0 radical (unpaired) electrons. The summed E-state index contributed by atoms with van der Waals surface area (Å²) in [6, 6.07) is 0. The van der Waals surface area contributed by atoms with E-state index in [9.17, 15) is 0 Å². The van der Waals surface area contributed by atoms with Crippen molar-refractivity contribution in [1.82, 2.24) is 5.32 Å². The molecule has 12 heavy (non-hydrogen) atoms. The first-order chi connectivity index (χ1) is 5.52. The van der Waals surface area contributed by atoms with Crippen LogP contribution in [0, 0.1) is 11.8 Å².